The Balaban J connectivity index is 1.71. The normalized spacial score (nSPS) is 19.6. The van der Waals surface area contributed by atoms with Crippen LogP contribution in [0, 0.1) is 5.82 Å². The van der Waals surface area contributed by atoms with Gasteiger partial charge in [0, 0.05) is 44.1 Å². The molecular weight excluding hydrogens is 472 g/mol. The number of hydrogen-bond acceptors (Lipinski definition) is 5. The van der Waals surface area contributed by atoms with E-state index in [1.807, 2.05) is 41.4 Å². The molecule has 1 aliphatic rings. The van der Waals surface area contributed by atoms with E-state index in [1.54, 1.807) is 30.9 Å². The van der Waals surface area contributed by atoms with Crippen LogP contribution in [0.1, 0.15) is 31.7 Å². The van der Waals surface area contributed by atoms with Crippen molar-refractivity contribution in [3.05, 3.63) is 78.7 Å². The molecule has 3 rings (SSSR count). The van der Waals surface area contributed by atoms with Crippen molar-refractivity contribution in [2.45, 2.75) is 44.5 Å². The van der Waals surface area contributed by atoms with Gasteiger partial charge in [-0.1, -0.05) is 43.4 Å². The largest absolute Gasteiger partial charge is 0.356 e. The zero-order valence-electron chi connectivity index (χ0n) is 19.8. The van der Waals surface area contributed by atoms with Crippen molar-refractivity contribution < 1.29 is 12.8 Å². The van der Waals surface area contributed by atoms with Crippen LogP contribution in [-0.4, -0.2) is 52.5 Å². The summed E-state index contributed by atoms with van der Waals surface area (Å²) >= 11 is 0. The topological polar surface area (TPSA) is 71.3 Å². The standard InChI is InChI=1S/C24H33FN5O2PS/c1-4-6-9-20(5-2)24-10-7-8-13-30(34(24,31)32)17-21-11-12-22(16-23(21)25)28(3)33-15-14-29-18-26-27-19-29/h4-6,9,11-12,16,18-19,24,33H,2,7-8,10,13-15,17H2,1,3H3/b6-4-,20-9+/t24-/m1/s1. The number of allylic oxidation sites excluding steroid dienone is 4. The fourth-order valence-corrected chi connectivity index (χ4v) is 7.00. The van der Waals surface area contributed by atoms with Crippen LogP contribution >= 0.6 is 8.73 Å². The number of hydrogen-bond donors (Lipinski definition) is 0. The Kier molecular flexibility index (Phi) is 9.56. The summed E-state index contributed by atoms with van der Waals surface area (Å²) in [5.41, 5.74) is 1.82. The average molecular weight is 506 g/mol. The lowest BCUT2D eigenvalue weighted by molar-refractivity contribution is 0.399. The molecule has 1 fully saturated rings. The number of benzene rings is 1. The van der Waals surface area contributed by atoms with Crippen LogP contribution in [0.3, 0.4) is 0 Å². The van der Waals surface area contributed by atoms with Crippen LogP contribution in [0.5, 0.6) is 0 Å². The Morgan fingerprint density at radius 2 is 2.09 bits per heavy atom. The molecule has 7 nitrogen and oxygen atoms in total. The van der Waals surface area contributed by atoms with Gasteiger partial charge in [-0.3, -0.25) is 0 Å². The lowest BCUT2D eigenvalue weighted by Gasteiger charge is -2.26. The van der Waals surface area contributed by atoms with Crippen molar-refractivity contribution in [3.8, 4) is 0 Å². The van der Waals surface area contributed by atoms with E-state index in [9.17, 15) is 8.42 Å². The third kappa shape index (κ3) is 6.62. The summed E-state index contributed by atoms with van der Waals surface area (Å²) in [7, 11) is -1.25. The van der Waals surface area contributed by atoms with Gasteiger partial charge in [-0.2, -0.15) is 4.31 Å². The van der Waals surface area contributed by atoms with Gasteiger partial charge in [0.25, 0.3) is 0 Å². The van der Waals surface area contributed by atoms with E-state index in [0.717, 1.165) is 31.2 Å². The van der Waals surface area contributed by atoms with E-state index in [-0.39, 0.29) is 6.54 Å². The maximum Gasteiger partial charge on any atom is 0.221 e. The lowest BCUT2D eigenvalue weighted by Crippen LogP contribution is -2.38. The molecule has 1 aliphatic heterocycles. The van der Waals surface area contributed by atoms with Gasteiger partial charge < -0.3 is 9.24 Å². The molecule has 10 heteroatoms. The third-order valence-electron chi connectivity index (χ3n) is 5.89. The first-order valence-electron chi connectivity index (χ1n) is 11.4. The first-order chi connectivity index (χ1) is 16.4. The van der Waals surface area contributed by atoms with Crippen molar-refractivity contribution in [2.75, 3.05) is 24.4 Å². The number of aryl methyl sites for hydroxylation is 1. The van der Waals surface area contributed by atoms with Gasteiger partial charge in [0.15, 0.2) is 0 Å². The van der Waals surface area contributed by atoms with Crippen LogP contribution < -0.4 is 4.67 Å². The minimum absolute atomic E-state index is 0.0264. The van der Waals surface area contributed by atoms with E-state index < -0.39 is 21.1 Å². The van der Waals surface area contributed by atoms with Gasteiger partial charge in [0.2, 0.25) is 10.0 Å². The SMILES string of the molecule is C=C/C(=C\C=C/C)[C@H]1CCCCN(Cc2ccc(N(C)PCCn3cnnc3)cc2F)S1(=O)=O. The molecule has 1 aromatic carbocycles. The molecule has 1 saturated heterocycles. The van der Waals surface area contributed by atoms with E-state index in [4.69, 9.17) is 0 Å². The smallest absolute Gasteiger partial charge is 0.221 e. The summed E-state index contributed by atoms with van der Waals surface area (Å²) in [6, 6.07) is 5.04. The number of sulfonamides is 1. The number of nitrogens with zero attached hydrogens (tertiary/aromatic N) is 5. The molecule has 0 N–H and O–H groups in total. The van der Waals surface area contributed by atoms with Crippen molar-refractivity contribution in [3.63, 3.8) is 0 Å². The molecule has 0 bridgehead atoms. The maximum atomic E-state index is 15.1. The molecule has 0 saturated carbocycles. The van der Waals surface area contributed by atoms with Gasteiger partial charge in [-0.25, -0.2) is 12.8 Å². The number of anilines is 1. The van der Waals surface area contributed by atoms with Crippen molar-refractivity contribution in [2.24, 2.45) is 0 Å². The Labute approximate surface area is 203 Å². The lowest BCUT2D eigenvalue weighted by atomic mass is 10.1. The highest BCUT2D eigenvalue weighted by atomic mass is 32.2. The number of aromatic nitrogens is 3. The van der Waals surface area contributed by atoms with Crippen LogP contribution in [0.4, 0.5) is 10.1 Å². The summed E-state index contributed by atoms with van der Waals surface area (Å²) in [6.45, 7) is 6.90. The van der Waals surface area contributed by atoms with E-state index in [1.165, 1.54) is 10.4 Å². The summed E-state index contributed by atoms with van der Waals surface area (Å²) in [6.07, 6.45) is 13.4. The summed E-state index contributed by atoms with van der Waals surface area (Å²) in [4.78, 5) is 0. The molecule has 1 unspecified atom stereocenters. The second-order valence-electron chi connectivity index (χ2n) is 8.20. The fourth-order valence-electron chi connectivity index (χ4n) is 3.93. The molecule has 0 amide bonds. The first kappa shape index (κ1) is 26.3. The van der Waals surface area contributed by atoms with E-state index in [2.05, 4.69) is 16.8 Å². The van der Waals surface area contributed by atoms with Crippen LogP contribution in [-0.2, 0) is 23.1 Å². The van der Waals surface area contributed by atoms with Crippen LogP contribution in [0.15, 0.2) is 67.3 Å². The molecule has 2 atom stereocenters. The summed E-state index contributed by atoms with van der Waals surface area (Å²) < 4.78 is 47.4. The maximum absolute atomic E-state index is 15.1. The predicted molar refractivity (Wildman–Crippen MR) is 138 cm³/mol. The van der Waals surface area contributed by atoms with Crippen molar-refractivity contribution in [1.82, 2.24) is 19.1 Å². The fraction of sp³-hybridized carbons (Fsp3) is 0.417. The molecule has 34 heavy (non-hydrogen) atoms. The highest BCUT2D eigenvalue weighted by molar-refractivity contribution is 7.89. The number of rotatable bonds is 10. The minimum atomic E-state index is -3.65. The Bertz CT molecular complexity index is 1120. The van der Waals surface area contributed by atoms with Gasteiger partial charge in [0.1, 0.15) is 23.7 Å². The highest BCUT2D eigenvalue weighted by Gasteiger charge is 2.35. The van der Waals surface area contributed by atoms with Crippen molar-refractivity contribution >= 4 is 24.4 Å². The van der Waals surface area contributed by atoms with Gasteiger partial charge in [-0.15, -0.1) is 10.2 Å². The molecule has 2 aromatic rings. The Morgan fingerprint density at radius 1 is 1.32 bits per heavy atom. The van der Waals surface area contributed by atoms with Gasteiger partial charge in [-0.05, 0) is 46.2 Å². The third-order valence-corrected chi connectivity index (χ3v) is 9.33. The second kappa shape index (κ2) is 12.4. The zero-order chi connectivity index (χ0) is 24.6. The first-order valence-corrected chi connectivity index (χ1v) is 14.0. The predicted octanol–water partition coefficient (Wildman–Crippen LogP) is 4.52. The van der Waals surface area contributed by atoms with Gasteiger partial charge >= 0.3 is 0 Å². The van der Waals surface area contributed by atoms with Crippen molar-refractivity contribution in [1.29, 1.82) is 0 Å². The second-order valence-corrected chi connectivity index (χ2v) is 11.8. The summed E-state index contributed by atoms with van der Waals surface area (Å²) in [5, 5.41) is 6.92. The molecule has 0 spiro atoms. The van der Waals surface area contributed by atoms with E-state index >= 15 is 4.39 Å². The molecular formula is C24H33FN5O2PS. The molecule has 0 aliphatic carbocycles. The molecule has 184 valence electrons. The highest BCUT2D eigenvalue weighted by Crippen LogP contribution is 2.31. The Hall–Kier alpha value is -2.35. The van der Waals surface area contributed by atoms with E-state index in [0.29, 0.717) is 32.8 Å². The molecule has 2 heterocycles. The minimum Gasteiger partial charge on any atom is -0.356 e. The molecule has 1 aromatic heterocycles. The number of halogens is 1. The van der Waals surface area contributed by atoms with Crippen LogP contribution in [0.25, 0.3) is 0 Å². The quantitative estimate of drug-likeness (QED) is 0.351. The zero-order valence-corrected chi connectivity index (χ0v) is 21.6. The van der Waals surface area contributed by atoms with Gasteiger partial charge in [0.05, 0.1) is 0 Å². The molecule has 0 radical (unpaired) electrons. The summed E-state index contributed by atoms with van der Waals surface area (Å²) in [5.74, 6) is -0.391. The average Bonchev–Trinajstić information content (AvgIpc) is 3.29. The van der Waals surface area contributed by atoms with Crippen LogP contribution in [0.2, 0.25) is 0 Å². The Morgan fingerprint density at radius 3 is 2.76 bits per heavy atom. The monoisotopic (exact) mass is 505 g/mol.